The third-order valence-electron chi connectivity index (χ3n) is 3.00. The molecule has 0 unspecified atom stereocenters. The minimum atomic E-state index is -0.194. The smallest absolute Gasteiger partial charge is 0.123 e. The van der Waals surface area contributed by atoms with Gasteiger partial charge in [0.2, 0.25) is 0 Å². The molecule has 2 nitrogen and oxygen atoms in total. The van der Waals surface area contributed by atoms with E-state index in [0.29, 0.717) is 5.69 Å². The van der Waals surface area contributed by atoms with Crippen molar-refractivity contribution in [3.05, 3.63) is 29.6 Å². The largest absolute Gasteiger partial charge is 0.399 e. The van der Waals surface area contributed by atoms with Crippen molar-refractivity contribution in [1.82, 2.24) is 4.90 Å². The normalized spacial score (nSPS) is 17.1. The number of halogens is 1. The predicted octanol–water partition coefficient (Wildman–Crippen LogP) is 2.05. The van der Waals surface area contributed by atoms with Gasteiger partial charge >= 0.3 is 0 Å². The summed E-state index contributed by atoms with van der Waals surface area (Å²) in [5, 5.41) is 0. The van der Waals surface area contributed by atoms with Crippen molar-refractivity contribution in [2.75, 3.05) is 25.4 Å². The molecule has 1 heterocycles. The van der Waals surface area contributed by atoms with Crippen LogP contribution in [-0.4, -0.2) is 24.5 Å². The summed E-state index contributed by atoms with van der Waals surface area (Å²) in [7, 11) is 0. The molecule has 0 aromatic heterocycles. The molecular formula is C12H17FN2. The zero-order chi connectivity index (χ0) is 10.7. The molecule has 0 radical (unpaired) electrons. The van der Waals surface area contributed by atoms with E-state index >= 15 is 0 Å². The first-order valence-corrected chi connectivity index (χ1v) is 5.52. The fourth-order valence-electron chi connectivity index (χ4n) is 2.08. The number of benzene rings is 1. The minimum absolute atomic E-state index is 0.194. The first-order valence-electron chi connectivity index (χ1n) is 5.52. The summed E-state index contributed by atoms with van der Waals surface area (Å²) in [6, 6.07) is 4.61. The maximum absolute atomic E-state index is 13.0. The second-order valence-corrected chi connectivity index (χ2v) is 4.14. The zero-order valence-electron chi connectivity index (χ0n) is 8.88. The molecule has 82 valence electrons. The van der Waals surface area contributed by atoms with E-state index in [1.807, 2.05) is 0 Å². The number of nitrogens with zero attached hydrogens (tertiary/aromatic N) is 1. The Morgan fingerprint density at radius 2 is 2.00 bits per heavy atom. The SMILES string of the molecule is Nc1ccc(F)cc1CCN1CCCC1. The summed E-state index contributed by atoms with van der Waals surface area (Å²) < 4.78 is 13.0. The van der Waals surface area contributed by atoms with E-state index < -0.39 is 0 Å². The summed E-state index contributed by atoms with van der Waals surface area (Å²) in [6.45, 7) is 3.35. The van der Waals surface area contributed by atoms with Crippen LogP contribution in [0.4, 0.5) is 10.1 Å². The number of rotatable bonds is 3. The first-order chi connectivity index (χ1) is 7.25. The molecule has 1 fully saturated rings. The Labute approximate surface area is 89.9 Å². The maximum atomic E-state index is 13.0. The van der Waals surface area contributed by atoms with Gasteiger partial charge in [-0.1, -0.05) is 0 Å². The fraction of sp³-hybridized carbons (Fsp3) is 0.500. The number of anilines is 1. The minimum Gasteiger partial charge on any atom is -0.399 e. The molecule has 1 aliphatic rings. The van der Waals surface area contributed by atoms with Crippen LogP contribution >= 0.6 is 0 Å². The summed E-state index contributed by atoms with van der Waals surface area (Å²) in [6.07, 6.45) is 3.43. The second kappa shape index (κ2) is 4.62. The molecule has 1 saturated heterocycles. The monoisotopic (exact) mass is 208 g/mol. The summed E-state index contributed by atoms with van der Waals surface area (Å²) in [5.41, 5.74) is 7.43. The van der Waals surface area contributed by atoms with Gasteiger partial charge in [0.05, 0.1) is 0 Å². The van der Waals surface area contributed by atoms with Gasteiger partial charge in [-0.3, -0.25) is 0 Å². The van der Waals surface area contributed by atoms with Gasteiger partial charge in [0.1, 0.15) is 5.82 Å². The third-order valence-corrected chi connectivity index (χ3v) is 3.00. The molecule has 2 N–H and O–H groups in total. The van der Waals surface area contributed by atoms with E-state index in [9.17, 15) is 4.39 Å². The van der Waals surface area contributed by atoms with Crippen molar-refractivity contribution >= 4 is 5.69 Å². The number of nitrogen functional groups attached to an aromatic ring is 1. The molecule has 1 aliphatic heterocycles. The third kappa shape index (κ3) is 2.69. The van der Waals surface area contributed by atoms with Crippen LogP contribution in [0.3, 0.4) is 0 Å². The average Bonchev–Trinajstić information content (AvgIpc) is 2.72. The van der Waals surface area contributed by atoms with Crippen LogP contribution in [0.1, 0.15) is 18.4 Å². The molecule has 2 rings (SSSR count). The number of nitrogens with two attached hydrogens (primary N) is 1. The first kappa shape index (κ1) is 10.4. The van der Waals surface area contributed by atoms with Crippen molar-refractivity contribution in [2.45, 2.75) is 19.3 Å². The number of likely N-dealkylation sites (tertiary alicyclic amines) is 1. The van der Waals surface area contributed by atoms with E-state index in [4.69, 9.17) is 5.73 Å². The van der Waals surface area contributed by atoms with Gasteiger partial charge in [0.25, 0.3) is 0 Å². The standard InChI is InChI=1S/C12H17FN2/c13-11-3-4-12(14)10(9-11)5-8-15-6-1-2-7-15/h3-4,9H,1-2,5-8,14H2. The predicted molar refractivity (Wildman–Crippen MR) is 60.2 cm³/mol. The Kier molecular flexibility index (Phi) is 3.21. The number of hydrogen-bond donors (Lipinski definition) is 1. The highest BCUT2D eigenvalue weighted by Crippen LogP contribution is 2.15. The van der Waals surface area contributed by atoms with E-state index in [-0.39, 0.29) is 5.82 Å². The van der Waals surface area contributed by atoms with E-state index in [1.54, 1.807) is 12.1 Å². The molecule has 0 amide bonds. The van der Waals surface area contributed by atoms with Crippen LogP contribution in [0.25, 0.3) is 0 Å². The zero-order valence-corrected chi connectivity index (χ0v) is 8.88. The van der Waals surface area contributed by atoms with Crippen LogP contribution < -0.4 is 5.73 Å². The molecule has 3 heteroatoms. The van der Waals surface area contributed by atoms with E-state index in [1.165, 1.54) is 32.0 Å². The summed E-state index contributed by atoms with van der Waals surface area (Å²) in [5.74, 6) is -0.194. The van der Waals surface area contributed by atoms with Crippen molar-refractivity contribution in [3.8, 4) is 0 Å². The maximum Gasteiger partial charge on any atom is 0.123 e. The topological polar surface area (TPSA) is 29.3 Å². The van der Waals surface area contributed by atoms with Gasteiger partial charge in [-0.25, -0.2) is 4.39 Å². The van der Waals surface area contributed by atoms with Crippen LogP contribution in [0.2, 0.25) is 0 Å². The molecule has 0 saturated carbocycles. The molecule has 15 heavy (non-hydrogen) atoms. The molecule has 0 atom stereocenters. The Hall–Kier alpha value is -1.09. The quantitative estimate of drug-likeness (QED) is 0.770. The van der Waals surface area contributed by atoms with E-state index in [0.717, 1.165) is 18.5 Å². The molecular weight excluding hydrogens is 191 g/mol. The molecule has 1 aromatic rings. The lowest BCUT2D eigenvalue weighted by Crippen LogP contribution is -2.22. The highest BCUT2D eigenvalue weighted by molar-refractivity contribution is 5.46. The van der Waals surface area contributed by atoms with Crippen LogP contribution in [0, 0.1) is 5.82 Å². The number of hydrogen-bond acceptors (Lipinski definition) is 2. The highest BCUT2D eigenvalue weighted by atomic mass is 19.1. The average molecular weight is 208 g/mol. The van der Waals surface area contributed by atoms with Gasteiger partial charge in [0.15, 0.2) is 0 Å². The van der Waals surface area contributed by atoms with Gasteiger partial charge in [0, 0.05) is 12.2 Å². The Balaban J connectivity index is 1.94. The van der Waals surface area contributed by atoms with Gasteiger partial charge < -0.3 is 10.6 Å². The molecule has 0 bridgehead atoms. The molecule has 0 aliphatic carbocycles. The lowest BCUT2D eigenvalue weighted by molar-refractivity contribution is 0.343. The summed E-state index contributed by atoms with van der Waals surface area (Å²) in [4.78, 5) is 2.41. The molecule has 0 spiro atoms. The van der Waals surface area contributed by atoms with Crippen LogP contribution in [0.15, 0.2) is 18.2 Å². The highest BCUT2D eigenvalue weighted by Gasteiger charge is 2.11. The Morgan fingerprint density at radius 1 is 1.27 bits per heavy atom. The van der Waals surface area contributed by atoms with Gasteiger partial charge in [-0.2, -0.15) is 0 Å². The fourth-order valence-corrected chi connectivity index (χ4v) is 2.08. The Morgan fingerprint density at radius 3 is 2.73 bits per heavy atom. The summed E-state index contributed by atoms with van der Waals surface area (Å²) >= 11 is 0. The van der Waals surface area contributed by atoms with Crippen molar-refractivity contribution < 1.29 is 4.39 Å². The van der Waals surface area contributed by atoms with Crippen LogP contribution in [0.5, 0.6) is 0 Å². The Bertz CT molecular complexity index is 332. The molecule has 1 aromatic carbocycles. The van der Waals surface area contributed by atoms with Crippen molar-refractivity contribution in [1.29, 1.82) is 0 Å². The second-order valence-electron chi connectivity index (χ2n) is 4.14. The van der Waals surface area contributed by atoms with Crippen LogP contribution in [-0.2, 0) is 6.42 Å². The lowest BCUT2D eigenvalue weighted by Gasteiger charge is -2.15. The lowest BCUT2D eigenvalue weighted by atomic mass is 10.1. The van der Waals surface area contributed by atoms with E-state index in [2.05, 4.69) is 4.90 Å². The van der Waals surface area contributed by atoms with Gasteiger partial charge in [-0.05, 0) is 56.1 Å². The van der Waals surface area contributed by atoms with Gasteiger partial charge in [-0.15, -0.1) is 0 Å². The van der Waals surface area contributed by atoms with Crippen molar-refractivity contribution in [2.24, 2.45) is 0 Å². The van der Waals surface area contributed by atoms with Crippen molar-refractivity contribution in [3.63, 3.8) is 0 Å².